The molecule has 6 nitrogen and oxygen atoms in total. The standard InChI is InChI=1S/C18H21NO5S2/c1-11-17(14-5-3-4-6-15(14)19-11)18(21)12(2)24-16(20)9-25-13-7-8-26(22,23)10-13/h3-6,12-13,19H,7-10H2,1-2H3/t12-,13+/m0/s1. The zero-order chi connectivity index (χ0) is 18.9. The third-order valence-electron chi connectivity index (χ3n) is 4.44. The summed E-state index contributed by atoms with van der Waals surface area (Å²) in [5.74, 6) is -0.424. The predicted molar refractivity (Wildman–Crippen MR) is 102 cm³/mol. The number of aromatic nitrogens is 1. The lowest BCUT2D eigenvalue weighted by molar-refractivity contribution is -0.143. The lowest BCUT2D eigenvalue weighted by Crippen LogP contribution is -2.26. The van der Waals surface area contributed by atoms with Crippen LogP contribution in [0.25, 0.3) is 10.9 Å². The number of hydrogen-bond donors (Lipinski definition) is 1. The molecule has 2 atom stereocenters. The van der Waals surface area contributed by atoms with E-state index in [0.29, 0.717) is 12.0 Å². The SMILES string of the molecule is Cc1[nH]c2ccccc2c1C(=O)[C@H](C)OC(=O)CS[C@@H]1CCS(=O)(=O)C1. The van der Waals surface area contributed by atoms with Gasteiger partial charge in [0, 0.05) is 27.4 Å². The number of ketones is 1. The quantitative estimate of drug-likeness (QED) is 0.597. The van der Waals surface area contributed by atoms with Gasteiger partial charge < -0.3 is 9.72 Å². The van der Waals surface area contributed by atoms with Crippen LogP contribution in [0, 0.1) is 6.92 Å². The lowest BCUT2D eigenvalue weighted by Gasteiger charge is -2.13. The Morgan fingerprint density at radius 2 is 2.08 bits per heavy atom. The number of carbonyl (C=O) groups is 2. The van der Waals surface area contributed by atoms with Crippen LogP contribution in [-0.2, 0) is 19.4 Å². The molecule has 0 spiro atoms. The number of rotatable bonds is 6. The number of aromatic amines is 1. The predicted octanol–water partition coefficient (Wildman–Crippen LogP) is 2.51. The molecular weight excluding hydrogens is 374 g/mol. The highest BCUT2D eigenvalue weighted by Crippen LogP contribution is 2.26. The van der Waals surface area contributed by atoms with Crippen molar-refractivity contribution in [2.45, 2.75) is 31.6 Å². The molecule has 8 heteroatoms. The summed E-state index contributed by atoms with van der Waals surface area (Å²) in [6.45, 7) is 3.38. The minimum Gasteiger partial charge on any atom is -0.454 e. The summed E-state index contributed by atoms with van der Waals surface area (Å²) in [6, 6.07) is 7.49. The molecule has 26 heavy (non-hydrogen) atoms. The zero-order valence-corrected chi connectivity index (χ0v) is 16.3. The molecule has 1 aliphatic heterocycles. The summed E-state index contributed by atoms with van der Waals surface area (Å²) in [5, 5.41) is 0.734. The number of para-hydroxylation sites is 1. The maximum absolute atomic E-state index is 12.7. The number of esters is 1. The van der Waals surface area contributed by atoms with Crippen molar-refractivity contribution in [3.8, 4) is 0 Å². The molecule has 3 rings (SSSR count). The second kappa shape index (κ2) is 7.44. The third-order valence-corrected chi connectivity index (χ3v) is 7.70. The van der Waals surface area contributed by atoms with Gasteiger partial charge in [-0.3, -0.25) is 9.59 Å². The van der Waals surface area contributed by atoms with E-state index in [0.717, 1.165) is 16.6 Å². The maximum Gasteiger partial charge on any atom is 0.316 e. The van der Waals surface area contributed by atoms with E-state index in [1.54, 1.807) is 6.92 Å². The number of nitrogens with one attached hydrogen (secondary N) is 1. The Bertz CT molecular complexity index is 948. The van der Waals surface area contributed by atoms with Crippen LogP contribution in [0.2, 0.25) is 0 Å². The molecule has 1 saturated heterocycles. The smallest absolute Gasteiger partial charge is 0.316 e. The van der Waals surface area contributed by atoms with E-state index in [4.69, 9.17) is 4.74 Å². The number of hydrogen-bond acceptors (Lipinski definition) is 6. The Hall–Kier alpha value is -1.80. The van der Waals surface area contributed by atoms with Gasteiger partial charge in [0.1, 0.15) is 0 Å². The summed E-state index contributed by atoms with van der Waals surface area (Å²) < 4.78 is 28.2. The molecule has 0 bridgehead atoms. The van der Waals surface area contributed by atoms with Crippen LogP contribution < -0.4 is 0 Å². The first-order valence-corrected chi connectivity index (χ1v) is 11.3. The molecule has 2 aromatic rings. The van der Waals surface area contributed by atoms with Gasteiger partial charge in [-0.05, 0) is 26.3 Å². The average Bonchev–Trinajstić information content (AvgIpc) is 3.10. The molecule has 0 amide bonds. The van der Waals surface area contributed by atoms with Crippen LogP contribution in [0.4, 0.5) is 0 Å². The maximum atomic E-state index is 12.7. The molecule has 2 heterocycles. The molecule has 1 N–H and O–H groups in total. The van der Waals surface area contributed by atoms with E-state index in [1.165, 1.54) is 11.8 Å². The van der Waals surface area contributed by atoms with E-state index in [2.05, 4.69) is 4.98 Å². The second-order valence-corrected chi connectivity index (χ2v) is 10.0. The minimum atomic E-state index is -2.97. The van der Waals surface area contributed by atoms with Crippen molar-refractivity contribution in [2.75, 3.05) is 17.3 Å². The van der Waals surface area contributed by atoms with Crippen molar-refractivity contribution < 1.29 is 22.7 Å². The highest BCUT2D eigenvalue weighted by molar-refractivity contribution is 8.02. The number of thioether (sulfide) groups is 1. The molecule has 0 radical (unpaired) electrons. The summed E-state index contributed by atoms with van der Waals surface area (Å²) in [4.78, 5) is 27.9. The number of Topliss-reactive ketones (excluding diaryl/α,β-unsaturated/α-hetero) is 1. The highest BCUT2D eigenvalue weighted by atomic mass is 32.2. The Balaban J connectivity index is 1.60. The largest absolute Gasteiger partial charge is 0.454 e. The second-order valence-electron chi connectivity index (χ2n) is 6.50. The Morgan fingerprint density at radius 1 is 1.35 bits per heavy atom. The fourth-order valence-corrected chi connectivity index (χ4v) is 6.58. The lowest BCUT2D eigenvalue weighted by atomic mass is 10.0. The van der Waals surface area contributed by atoms with Crippen molar-refractivity contribution in [1.82, 2.24) is 4.98 Å². The molecular formula is C18H21NO5S2. The minimum absolute atomic E-state index is 0.0463. The van der Waals surface area contributed by atoms with Gasteiger partial charge in [0.15, 0.2) is 15.9 Å². The third kappa shape index (κ3) is 4.12. The molecule has 0 saturated carbocycles. The first-order chi connectivity index (χ1) is 12.3. The van der Waals surface area contributed by atoms with Crippen LogP contribution in [-0.4, -0.2) is 53.8 Å². The molecule has 0 aliphatic carbocycles. The van der Waals surface area contributed by atoms with E-state index in [-0.39, 0.29) is 28.3 Å². The first-order valence-electron chi connectivity index (χ1n) is 8.40. The van der Waals surface area contributed by atoms with E-state index in [1.807, 2.05) is 31.2 Å². The number of ether oxygens (including phenoxy) is 1. The van der Waals surface area contributed by atoms with Gasteiger partial charge in [0.05, 0.1) is 17.3 Å². The number of carbonyl (C=O) groups excluding carboxylic acids is 2. The van der Waals surface area contributed by atoms with Gasteiger partial charge in [0.2, 0.25) is 5.78 Å². The monoisotopic (exact) mass is 395 g/mol. The normalized spacial score (nSPS) is 20.2. The summed E-state index contributed by atoms with van der Waals surface area (Å²) in [5.41, 5.74) is 2.14. The summed E-state index contributed by atoms with van der Waals surface area (Å²) >= 11 is 1.28. The average molecular weight is 396 g/mol. The molecule has 1 aromatic heterocycles. The van der Waals surface area contributed by atoms with Gasteiger partial charge >= 0.3 is 5.97 Å². The number of fused-ring (bicyclic) bond motifs is 1. The Morgan fingerprint density at radius 3 is 2.77 bits per heavy atom. The van der Waals surface area contributed by atoms with Crippen molar-refractivity contribution in [3.05, 3.63) is 35.5 Å². The van der Waals surface area contributed by atoms with Crippen molar-refractivity contribution in [3.63, 3.8) is 0 Å². The van der Waals surface area contributed by atoms with E-state index >= 15 is 0 Å². The van der Waals surface area contributed by atoms with Gasteiger partial charge in [-0.1, -0.05) is 18.2 Å². The summed E-state index contributed by atoms with van der Waals surface area (Å²) in [7, 11) is -2.97. The Kier molecular flexibility index (Phi) is 5.43. The molecule has 1 aromatic carbocycles. The fraction of sp³-hybridized carbons (Fsp3) is 0.444. The van der Waals surface area contributed by atoms with Crippen LogP contribution in [0.1, 0.15) is 29.4 Å². The number of aryl methyl sites for hydroxylation is 1. The fourth-order valence-electron chi connectivity index (χ4n) is 3.16. The Labute approximate surface area is 156 Å². The number of sulfone groups is 1. The molecule has 0 unspecified atom stereocenters. The van der Waals surface area contributed by atoms with Gasteiger partial charge in [-0.2, -0.15) is 0 Å². The molecule has 140 valence electrons. The summed E-state index contributed by atoms with van der Waals surface area (Å²) in [6.07, 6.45) is -0.336. The van der Waals surface area contributed by atoms with Crippen molar-refractivity contribution in [2.24, 2.45) is 0 Å². The van der Waals surface area contributed by atoms with Gasteiger partial charge in [-0.15, -0.1) is 11.8 Å². The van der Waals surface area contributed by atoms with E-state index in [9.17, 15) is 18.0 Å². The van der Waals surface area contributed by atoms with Crippen LogP contribution in [0.15, 0.2) is 24.3 Å². The molecule has 1 aliphatic rings. The van der Waals surface area contributed by atoms with Gasteiger partial charge in [0.25, 0.3) is 0 Å². The highest BCUT2D eigenvalue weighted by Gasteiger charge is 2.29. The van der Waals surface area contributed by atoms with Crippen LogP contribution >= 0.6 is 11.8 Å². The first kappa shape index (κ1) is 19.0. The number of H-pyrrole nitrogens is 1. The topological polar surface area (TPSA) is 93.3 Å². The van der Waals surface area contributed by atoms with Crippen molar-refractivity contribution >= 4 is 44.3 Å². The molecule has 1 fully saturated rings. The van der Waals surface area contributed by atoms with Crippen LogP contribution in [0.5, 0.6) is 0 Å². The van der Waals surface area contributed by atoms with E-state index < -0.39 is 21.9 Å². The van der Waals surface area contributed by atoms with Gasteiger partial charge in [-0.25, -0.2) is 8.42 Å². The van der Waals surface area contributed by atoms with Crippen molar-refractivity contribution in [1.29, 1.82) is 0 Å². The zero-order valence-electron chi connectivity index (χ0n) is 14.7. The number of benzene rings is 1. The van der Waals surface area contributed by atoms with Crippen LogP contribution in [0.3, 0.4) is 0 Å².